The van der Waals surface area contributed by atoms with Gasteiger partial charge in [-0.25, -0.2) is 0 Å². The molecular formula is C19H25N3O2S. The molecule has 0 spiro atoms. The first-order valence-electron chi connectivity index (χ1n) is 8.86. The number of nitrogens with one attached hydrogen (secondary N) is 2. The summed E-state index contributed by atoms with van der Waals surface area (Å²) in [6.07, 6.45) is 8.23. The first kappa shape index (κ1) is 17.9. The fraction of sp³-hybridized carbons (Fsp3) is 0.474. The zero-order chi connectivity index (χ0) is 17.5. The van der Waals surface area contributed by atoms with E-state index in [1.165, 1.54) is 25.7 Å². The van der Waals surface area contributed by atoms with Crippen molar-refractivity contribution in [1.29, 1.82) is 0 Å². The fourth-order valence-corrected chi connectivity index (χ4v) is 3.38. The van der Waals surface area contributed by atoms with Gasteiger partial charge < -0.3 is 20.1 Å². The second-order valence-electron chi connectivity index (χ2n) is 6.23. The monoisotopic (exact) mass is 359 g/mol. The Labute approximate surface area is 154 Å². The lowest BCUT2D eigenvalue weighted by Gasteiger charge is -2.14. The first-order chi connectivity index (χ1) is 12.3. The van der Waals surface area contributed by atoms with Gasteiger partial charge in [0.05, 0.1) is 13.2 Å². The second kappa shape index (κ2) is 8.97. The molecule has 2 N–H and O–H groups in total. The molecule has 0 saturated heterocycles. The Balaban J connectivity index is 1.48. The lowest BCUT2D eigenvalue weighted by molar-refractivity contribution is 0.0574. The van der Waals surface area contributed by atoms with Crippen LogP contribution in [-0.4, -0.2) is 36.5 Å². The summed E-state index contributed by atoms with van der Waals surface area (Å²) in [5.41, 5.74) is 1.74. The molecule has 1 aliphatic rings. The van der Waals surface area contributed by atoms with Crippen LogP contribution < -0.4 is 15.4 Å². The maximum Gasteiger partial charge on any atom is 0.170 e. The molecule has 2 aromatic rings. The summed E-state index contributed by atoms with van der Waals surface area (Å²) in [5, 5.41) is 8.08. The summed E-state index contributed by atoms with van der Waals surface area (Å²) in [6, 6.07) is 7.77. The molecule has 25 heavy (non-hydrogen) atoms. The minimum absolute atomic E-state index is 0.475. The molecule has 0 bridgehead atoms. The number of rotatable bonds is 7. The maximum absolute atomic E-state index is 5.86. The van der Waals surface area contributed by atoms with Gasteiger partial charge in [0, 0.05) is 30.4 Å². The van der Waals surface area contributed by atoms with Crippen molar-refractivity contribution >= 4 is 33.9 Å². The topological polar surface area (TPSA) is 55.4 Å². The van der Waals surface area contributed by atoms with E-state index in [1.54, 1.807) is 13.3 Å². The molecule has 1 heterocycles. The molecule has 0 atom stereocenters. The molecule has 0 amide bonds. The number of hydrogen-bond donors (Lipinski definition) is 2. The molecule has 1 fully saturated rings. The number of ether oxygens (including phenoxy) is 2. The van der Waals surface area contributed by atoms with Gasteiger partial charge in [-0.05, 0) is 55.7 Å². The van der Waals surface area contributed by atoms with Crippen molar-refractivity contribution in [3.8, 4) is 5.75 Å². The van der Waals surface area contributed by atoms with E-state index >= 15 is 0 Å². The van der Waals surface area contributed by atoms with Crippen LogP contribution in [0.1, 0.15) is 32.1 Å². The molecule has 3 rings (SSSR count). The third kappa shape index (κ3) is 4.80. The number of pyridine rings is 1. The Morgan fingerprint density at radius 2 is 2.12 bits per heavy atom. The van der Waals surface area contributed by atoms with E-state index in [0.717, 1.165) is 41.9 Å². The van der Waals surface area contributed by atoms with E-state index in [4.69, 9.17) is 21.7 Å². The highest BCUT2D eigenvalue weighted by molar-refractivity contribution is 7.80. The third-order valence-corrected chi connectivity index (χ3v) is 4.71. The van der Waals surface area contributed by atoms with Gasteiger partial charge in [-0.3, -0.25) is 4.98 Å². The van der Waals surface area contributed by atoms with Gasteiger partial charge in [0.15, 0.2) is 5.11 Å². The van der Waals surface area contributed by atoms with E-state index in [1.807, 2.05) is 24.3 Å². The SMILES string of the molecule is COc1ccc(NC(=S)NCCCOC2CCCC2)c2cccnc12. The molecule has 1 aliphatic carbocycles. The largest absolute Gasteiger partial charge is 0.494 e. The van der Waals surface area contributed by atoms with Crippen LogP contribution in [0.4, 0.5) is 5.69 Å². The zero-order valence-corrected chi connectivity index (χ0v) is 15.4. The van der Waals surface area contributed by atoms with Crippen LogP contribution in [0.3, 0.4) is 0 Å². The van der Waals surface area contributed by atoms with E-state index in [9.17, 15) is 0 Å². The van der Waals surface area contributed by atoms with Gasteiger partial charge in [0.2, 0.25) is 0 Å². The van der Waals surface area contributed by atoms with Gasteiger partial charge >= 0.3 is 0 Å². The van der Waals surface area contributed by atoms with E-state index in [-0.39, 0.29) is 0 Å². The molecule has 134 valence electrons. The molecule has 5 nitrogen and oxygen atoms in total. The van der Waals surface area contributed by atoms with Crippen LogP contribution in [-0.2, 0) is 4.74 Å². The molecule has 0 aliphatic heterocycles. The number of nitrogens with zero attached hydrogens (tertiary/aromatic N) is 1. The molecule has 1 saturated carbocycles. The van der Waals surface area contributed by atoms with Gasteiger partial charge in [-0.1, -0.05) is 12.8 Å². The van der Waals surface area contributed by atoms with E-state index in [0.29, 0.717) is 11.2 Å². The summed E-state index contributed by atoms with van der Waals surface area (Å²) in [4.78, 5) is 4.40. The molecule has 0 unspecified atom stereocenters. The summed E-state index contributed by atoms with van der Waals surface area (Å²) >= 11 is 5.40. The van der Waals surface area contributed by atoms with Crippen LogP contribution in [0.25, 0.3) is 10.9 Å². The summed E-state index contributed by atoms with van der Waals surface area (Å²) < 4.78 is 11.2. The predicted octanol–water partition coefficient (Wildman–Crippen LogP) is 3.88. The van der Waals surface area contributed by atoms with Crippen LogP contribution in [0.2, 0.25) is 0 Å². The standard InChI is InChI=1S/C19H25N3O2S/c1-23-17-10-9-16(15-8-4-11-20-18(15)17)22-19(25)21-12-5-13-24-14-6-2-3-7-14/h4,8-11,14H,2-3,5-7,12-13H2,1H3,(H2,21,22,25). The first-order valence-corrected chi connectivity index (χ1v) is 9.27. The number of benzene rings is 1. The van der Waals surface area contributed by atoms with Crippen LogP contribution in [0.15, 0.2) is 30.5 Å². The minimum atomic E-state index is 0.475. The minimum Gasteiger partial charge on any atom is -0.494 e. The number of fused-ring (bicyclic) bond motifs is 1. The fourth-order valence-electron chi connectivity index (χ4n) is 3.17. The van der Waals surface area contributed by atoms with Crippen LogP contribution >= 0.6 is 12.2 Å². The highest BCUT2D eigenvalue weighted by atomic mass is 32.1. The Bertz CT molecular complexity index is 717. The van der Waals surface area contributed by atoms with Crippen LogP contribution in [0.5, 0.6) is 5.75 Å². The number of methoxy groups -OCH3 is 1. The van der Waals surface area contributed by atoms with Crippen molar-refractivity contribution in [3.05, 3.63) is 30.5 Å². The summed E-state index contributed by atoms with van der Waals surface area (Å²) in [5.74, 6) is 0.754. The molecule has 1 aromatic carbocycles. The van der Waals surface area contributed by atoms with Gasteiger partial charge in [-0.2, -0.15) is 0 Å². The van der Waals surface area contributed by atoms with Gasteiger partial charge in [0.25, 0.3) is 0 Å². The maximum atomic E-state index is 5.86. The van der Waals surface area contributed by atoms with Crippen molar-refractivity contribution in [2.24, 2.45) is 0 Å². The Kier molecular flexibility index (Phi) is 6.42. The predicted molar refractivity (Wildman–Crippen MR) is 105 cm³/mol. The Morgan fingerprint density at radius 3 is 2.92 bits per heavy atom. The van der Waals surface area contributed by atoms with Crippen molar-refractivity contribution in [1.82, 2.24) is 10.3 Å². The highest BCUT2D eigenvalue weighted by Gasteiger charge is 2.14. The summed E-state index contributed by atoms with van der Waals surface area (Å²) in [6.45, 7) is 1.58. The summed E-state index contributed by atoms with van der Waals surface area (Å²) in [7, 11) is 1.65. The van der Waals surface area contributed by atoms with Crippen molar-refractivity contribution in [3.63, 3.8) is 0 Å². The zero-order valence-electron chi connectivity index (χ0n) is 14.6. The lowest BCUT2D eigenvalue weighted by Crippen LogP contribution is -2.30. The third-order valence-electron chi connectivity index (χ3n) is 4.46. The lowest BCUT2D eigenvalue weighted by atomic mass is 10.1. The highest BCUT2D eigenvalue weighted by Crippen LogP contribution is 2.29. The number of anilines is 1. The van der Waals surface area contributed by atoms with Gasteiger partial charge in [-0.15, -0.1) is 0 Å². The van der Waals surface area contributed by atoms with Crippen molar-refractivity contribution < 1.29 is 9.47 Å². The quantitative estimate of drug-likeness (QED) is 0.578. The van der Waals surface area contributed by atoms with Crippen molar-refractivity contribution in [2.45, 2.75) is 38.2 Å². The van der Waals surface area contributed by atoms with Gasteiger partial charge in [0.1, 0.15) is 11.3 Å². The Hall–Kier alpha value is -1.92. The Morgan fingerprint density at radius 1 is 1.28 bits per heavy atom. The normalized spacial score (nSPS) is 14.6. The number of aromatic nitrogens is 1. The number of thiocarbonyl (C=S) groups is 1. The average Bonchev–Trinajstić information content (AvgIpc) is 3.15. The molecule has 6 heteroatoms. The van der Waals surface area contributed by atoms with E-state index < -0.39 is 0 Å². The van der Waals surface area contributed by atoms with Crippen molar-refractivity contribution in [2.75, 3.05) is 25.6 Å². The smallest absolute Gasteiger partial charge is 0.170 e. The molecule has 1 aromatic heterocycles. The average molecular weight is 359 g/mol. The second-order valence-corrected chi connectivity index (χ2v) is 6.63. The number of hydrogen-bond acceptors (Lipinski definition) is 4. The van der Waals surface area contributed by atoms with E-state index in [2.05, 4.69) is 15.6 Å². The molecule has 0 radical (unpaired) electrons. The molecular weight excluding hydrogens is 334 g/mol. The van der Waals surface area contributed by atoms with Crippen LogP contribution in [0, 0.1) is 0 Å².